The zero-order chi connectivity index (χ0) is 27.9. The molecule has 39 heavy (non-hydrogen) atoms. The molecule has 0 aliphatic carbocycles. The van der Waals surface area contributed by atoms with Crippen LogP contribution in [0, 0.1) is 12.7 Å². The van der Waals surface area contributed by atoms with Crippen LogP contribution in [-0.4, -0.2) is 29.6 Å². The topological polar surface area (TPSA) is 84.5 Å². The van der Waals surface area contributed by atoms with Gasteiger partial charge in [0.15, 0.2) is 0 Å². The van der Waals surface area contributed by atoms with Crippen molar-refractivity contribution in [3.63, 3.8) is 0 Å². The molecule has 0 aliphatic rings. The number of thiophene rings is 1. The Hall–Kier alpha value is -3.95. The minimum absolute atomic E-state index is 0.0540. The van der Waals surface area contributed by atoms with Crippen LogP contribution < -0.4 is 10.6 Å². The summed E-state index contributed by atoms with van der Waals surface area (Å²) in [4.78, 5) is 39.2. The summed E-state index contributed by atoms with van der Waals surface area (Å²) in [5.41, 5.74) is 3.41. The van der Waals surface area contributed by atoms with E-state index in [1.807, 2.05) is 42.6 Å². The number of aryl methyl sites for hydroxylation is 1. The number of benzene rings is 3. The Balaban J connectivity index is 1.48. The molecule has 9 heteroatoms. The molecule has 1 atom stereocenters. The SMILES string of the molecule is CCOC(=O)c1c(-c2ccc(C)cc2)csc1NC(=O)C(C)Sc1cccc(NC(=O)c2ccccc2F)c1. The highest BCUT2D eigenvalue weighted by Gasteiger charge is 2.25. The van der Waals surface area contributed by atoms with Crippen molar-refractivity contribution in [3.8, 4) is 11.1 Å². The summed E-state index contributed by atoms with van der Waals surface area (Å²) < 4.78 is 19.2. The molecule has 0 saturated carbocycles. The molecule has 2 N–H and O–H groups in total. The fourth-order valence-corrected chi connectivity index (χ4v) is 5.65. The average molecular weight is 563 g/mol. The monoisotopic (exact) mass is 562 g/mol. The molecule has 0 radical (unpaired) electrons. The van der Waals surface area contributed by atoms with Crippen LogP contribution in [0.1, 0.15) is 40.1 Å². The summed E-state index contributed by atoms with van der Waals surface area (Å²) in [5.74, 6) is -1.95. The Morgan fingerprint density at radius 1 is 1.00 bits per heavy atom. The Kier molecular flexibility index (Phi) is 9.16. The molecule has 4 aromatic rings. The van der Waals surface area contributed by atoms with Gasteiger partial charge in [0.05, 0.1) is 17.4 Å². The van der Waals surface area contributed by atoms with Crippen LogP contribution in [0.3, 0.4) is 0 Å². The molecule has 6 nitrogen and oxygen atoms in total. The number of amides is 2. The van der Waals surface area contributed by atoms with E-state index in [0.717, 1.165) is 16.0 Å². The van der Waals surface area contributed by atoms with Crippen molar-refractivity contribution < 1.29 is 23.5 Å². The van der Waals surface area contributed by atoms with Crippen molar-refractivity contribution in [2.75, 3.05) is 17.2 Å². The molecular weight excluding hydrogens is 535 g/mol. The molecule has 0 saturated heterocycles. The molecule has 0 fully saturated rings. The second-order valence-corrected chi connectivity index (χ2v) is 10.9. The first-order chi connectivity index (χ1) is 18.8. The van der Waals surface area contributed by atoms with Gasteiger partial charge in [-0.3, -0.25) is 9.59 Å². The van der Waals surface area contributed by atoms with E-state index in [1.165, 1.54) is 41.3 Å². The number of nitrogens with one attached hydrogen (secondary N) is 2. The van der Waals surface area contributed by atoms with Gasteiger partial charge in [0.2, 0.25) is 5.91 Å². The van der Waals surface area contributed by atoms with Gasteiger partial charge in [-0.05, 0) is 56.7 Å². The van der Waals surface area contributed by atoms with E-state index in [1.54, 1.807) is 38.1 Å². The van der Waals surface area contributed by atoms with E-state index in [9.17, 15) is 18.8 Å². The van der Waals surface area contributed by atoms with Crippen LogP contribution in [-0.2, 0) is 9.53 Å². The average Bonchev–Trinajstić information content (AvgIpc) is 3.33. The summed E-state index contributed by atoms with van der Waals surface area (Å²) in [6, 6.07) is 20.5. The normalized spacial score (nSPS) is 11.5. The largest absolute Gasteiger partial charge is 0.462 e. The van der Waals surface area contributed by atoms with Gasteiger partial charge in [-0.1, -0.05) is 48.0 Å². The highest BCUT2D eigenvalue weighted by atomic mass is 32.2. The summed E-state index contributed by atoms with van der Waals surface area (Å²) >= 11 is 2.56. The van der Waals surface area contributed by atoms with Gasteiger partial charge < -0.3 is 15.4 Å². The molecule has 1 unspecified atom stereocenters. The van der Waals surface area contributed by atoms with Crippen molar-refractivity contribution in [3.05, 3.63) is 101 Å². The minimum atomic E-state index is -0.605. The lowest BCUT2D eigenvalue weighted by molar-refractivity contribution is -0.115. The Labute approximate surface area is 234 Å². The molecule has 3 aromatic carbocycles. The van der Waals surface area contributed by atoms with Gasteiger partial charge in [-0.2, -0.15) is 0 Å². The molecule has 1 heterocycles. The van der Waals surface area contributed by atoms with Crippen LogP contribution in [0.15, 0.2) is 83.1 Å². The number of anilines is 2. The van der Waals surface area contributed by atoms with Gasteiger partial charge in [0.25, 0.3) is 5.91 Å². The van der Waals surface area contributed by atoms with Crippen LogP contribution in [0.25, 0.3) is 11.1 Å². The minimum Gasteiger partial charge on any atom is -0.462 e. The fourth-order valence-electron chi connectivity index (χ4n) is 3.76. The predicted molar refractivity (Wildman–Crippen MR) is 155 cm³/mol. The lowest BCUT2D eigenvalue weighted by Gasteiger charge is -2.14. The number of halogens is 1. The maximum Gasteiger partial charge on any atom is 0.341 e. The van der Waals surface area contributed by atoms with Crippen molar-refractivity contribution in [1.82, 2.24) is 0 Å². The summed E-state index contributed by atoms with van der Waals surface area (Å²) in [6.07, 6.45) is 0. The zero-order valence-corrected chi connectivity index (χ0v) is 23.3. The molecule has 0 bridgehead atoms. The van der Waals surface area contributed by atoms with Gasteiger partial charge in [0.1, 0.15) is 16.4 Å². The molecule has 0 spiro atoms. The van der Waals surface area contributed by atoms with Gasteiger partial charge in [-0.15, -0.1) is 23.1 Å². The highest BCUT2D eigenvalue weighted by Crippen LogP contribution is 2.37. The van der Waals surface area contributed by atoms with Crippen LogP contribution in [0.5, 0.6) is 0 Å². The highest BCUT2D eigenvalue weighted by molar-refractivity contribution is 8.00. The molecule has 2 amide bonds. The van der Waals surface area contributed by atoms with Crippen LogP contribution in [0.2, 0.25) is 0 Å². The maximum atomic E-state index is 14.0. The zero-order valence-electron chi connectivity index (χ0n) is 21.6. The van der Waals surface area contributed by atoms with Gasteiger partial charge in [0, 0.05) is 21.5 Å². The van der Waals surface area contributed by atoms with Gasteiger partial charge >= 0.3 is 5.97 Å². The number of ether oxygens (including phenoxy) is 1. The van der Waals surface area contributed by atoms with Crippen molar-refractivity contribution >= 4 is 51.6 Å². The van der Waals surface area contributed by atoms with Crippen molar-refractivity contribution in [2.24, 2.45) is 0 Å². The van der Waals surface area contributed by atoms with E-state index in [-0.39, 0.29) is 18.1 Å². The molecule has 4 rings (SSSR count). The quantitative estimate of drug-likeness (QED) is 0.164. The second-order valence-electron chi connectivity index (χ2n) is 8.65. The van der Waals surface area contributed by atoms with E-state index in [2.05, 4.69) is 10.6 Å². The lowest BCUT2D eigenvalue weighted by atomic mass is 10.0. The molecular formula is C30H27FN2O4S2. The van der Waals surface area contributed by atoms with Crippen molar-refractivity contribution in [2.45, 2.75) is 30.9 Å². The number of hydrogen-bond donors (Lipinski definition) is 2. The van der Waals surface area contributed by atoms with E-state index in [4.69, 9.17) is 4.74 Å². The number of thioether (sulfide) groups is 1. The predicted octanol–water partition coefficient (Wildman–Crippen LogP) is 7.41. The number of rotatable bonds is 9. The van der Waals surface area contributed by atoms with Gasteiger partial charge in [-0.25, -0.2) is 9.18 Å². The molecule has 200 valence electrons. The first-order valence-electron chi connectivity index (χ1n) is 12.3. The van der Waals surface area contributed by atoms with Crippen LogP contribution >= 0.6 is 23.1 Å². The Morgan fingerprint density at radius 3 is 2.46 bits per heavy atom. The van der Waals surface area contributed by atoms with Crippen LogP contribution in [0.4, 0.5) is 15.1 Å². The lowest BCUT2D eigenvalue weighted by Crippen LogP contribution is -2.23. The molecule has 1 aromatic heterocycles. The number of carbonyl (C=O) groups excluding carboxylic acids is 3. The second kappa shape index (κ2) is 12.7. The third-order valence-corrected chi connectivity index (χ3v) is 7.75. The number of hydrogen-bond acceptors (Lipinski definition) is 6. The van der Waals surface area contributed by atoms with E-state index >= 15 is 0 Å². The standard InChI is InChI=1S/C30H27FN2O4S2/c1-4-37-30(36)26-24(20-14-12-18(2)13-15-20)17-38-29(26)33-27(34)19(3)39-22-9-7-8-21(16-22)32-28(35)23-10-5-6-11-25(23)31/h5-17,19H,4H2,1-3H3,(H,32,35)(H,33,34). The Bertz CT molecular complexity index is 1500. The van der Waals surface area contributed by atoms with Crippen molar-refractivity contribution in [1.29, 1.82) is 0 Å². The van der Waals surface area contributed by atoms with E-state index < -0.39 is 22.9 Å². The summed E-state index contributed by atoms with van der Waals surface area (Å²) in [7, 11) is 0. The first-order valence-corrected chi connectivity index (χ1v) is 14.0. The number of carbonyl (C=O) groups is 3. The summed E-state index contributed by atoms with van der Waals surface area (Å²) in [5, 5.41) is 7.32. The fraction of sp³-hybridized carbons (Fsp3) is 0.167. The summed E-state index contributed by atoms with van der Waals surface area (Å²) in [6.45, 7) is 5.69. The smallest absolute Gasteiger partial charge is 0.341 e. The Morgan fingerprint density at radius 2 is 1.74 bits per heavy atom. The third-order valence-electron chi connectivity index (χ3n) is 5.76. The number of esters is 1. The molecule has 0 aliphatic heterocycles. The van der Waals surface area contributed by atoms with E-state index in [0.29, 0.717) is 21.8 Å². The first kappa shape index (κ1) is 28.1. The maximum absolute atomic E-state index is 14.0. The third kappa shape index (κ3) is 6.93.